The Morgan fingerprint density at radius 1 is 1.21 bits per heavy atom. The highest BCUT2D eigenvalue weighted by atomic mass is 14.9. The van der Waals surface area contributed by atoms with Crippen LogP contribution in [0.4, 0.5) is 0 Å². The zero-order valence-corrected chi connectivity index (χ0v) is 11.9. The van der Waals surface area contributed by atoms with Gasteiger partial charge < -0.3 is 5.32 Å². The maximum Gasteiger partial charge on any atom is 0.0423 e. The molecule has 2 rings (SSSR count). The summed E-state index contributed by atoms with van der Waals surface area (Å²) in [5.74, 6) is 0. The topological polar surface area (TPSA) is 37.8 Å². The standard InChI is InChI=1S/C16H21N3/c1-4-18-16(10-14-6-5-9-17-11-14)15-8-7-12(2)19-13(15)3/h5-9,11,16,18H,4,10H2,1-3H3. The van der Waals surface area contributed by atoms with Crippen molar-refractivity contribution in [1.29, 1.82) is 0 Å². The molecule has 0 amide bonds. The second-order valence-corrected chi connectivity index (χ2v) is 4.80. The first-order chi connectivity index (χ1) is 9.20. The second kappa shape index (κ2) is 6.43. The average molecular weight is 255 g/mol. The number of aryl methyl sites for hydroxylation is 2. The van der Waals surface area contributed by atoms with Gasteiger partial charge in [0.15, 0.2) is 0 Å². The van der Waals surface area contributed by atoms with Gasteiger partial charge in [-0.05, 0) is 50.1 Å². The summed E-state index contributed by atoms with van der Waals surface area (Å²) in [6.07, 6.45) is 4.68. The summed E-state index contributed by atoms with van der Waals surface area (Å²) in [5, 5.41) is 3.54. The van der Waals surface area contributed by atoms with Gasteiger partial charge >= 0.3 is 0 Å². The van der Waals surface area contributed by atoms with Crippen molar-refractivity contribution in [3.8, 4) is 0 Å². The molecule has 1 atom stereocenters. The van der Waals surface area contributed by atoms with Crippen LogP contribution in [-0.2, 0) is 6.42 Å². The Labute approximate surface area is 115 Å². The second-order valence-electron chi connectivity index (χ2n) is 4.80. The molecule has 2 aromatic rings. The van der Waals surface area contributed by atoms with Gasteiger partial charge in [0.25, 0.3) is 0 Å². The molecule has 19 heavy (non-hydrogen) atoms. The Kier molecular flexibility index (Phi) is 4.63. The van der Waals surface area contributed by atoms with E-state index in [-0.39, 0.29) is 0 Å². The summed E-state index contributed by atoms with van der Waals surface area (Å²) < 4.78 is 0. The highest BCUT2D eigenvalue weighted by Crippen LogP contribution is 2.20. The van der Waals surface area contributed by atoms with Gasteiger partial charge in [-0.15, -0.1) is 0 Å². The smallest absolute Gasteiger partial charge is 0.0423 e. The molecule has 0 aliphatic rings. The molecule has 0 aromatic carbocycles. The van der Waals surface area contributed by atoms with E-state index >= 15 is 0 Å². The molecule has 100 valence electrons. The van der Waals surface area contributed by atoms with Gasteiger partial charge in [0, 0.05) is 29.8 Å². The van der Waals surface area contributed by atoms with Gasteiger partial charge in [0.05, 0.1) is 0 Å². The van der Waals surface area contributed by atoms with E-state index in [0.717, 1.165) is 24.4 Å². The zero-order valence-electron chi connectivity index (χ0n) is 11.9. The largest absolute Gasteiger partial charge is 0.310 e. The Morgan fingerprint density at radius 2 is 2.05 bits per heavy atom. The first-order valence-corrected chi connectivity index (χ1v) is 6.77. The predicted molar refractivity (Wildman–Crippen MR) is 78.1 cm³/mol. The van der Waals surface area contributed by atoms with Crippen LogP contribution in [0.25, 0.3) is 0 Å². The van der Waals surface area contributed by atoms with Crippen molar-refractivity contribution in [2.24, 2.45) is 0 Å². The van der Waals surface area contributed by atoms with Crippen molar-refractivity contribution in [3.63, 3.8) is 0 Å². The van der Waals surface area contributed by atoms with E-state index in [2.05, 4.69) is 47.3 Å². The number of pyridine rings is 2. The normalized spacial score (nSPS) is 12.4. The lowest BCUT2D eigenvalue weighted by Crippen LogP contribution is -2.24. The molecule has 0 bridgehead atoms. The average Bonchev–Trinajstić information content (AvgIpc) is 2.39. The fourth-order valence-corrected chi connectivity index (χ4v) is 2.36. The van der Waals surface area contributed by atoms with Crippen LogP contribution in [0, 0.1) is 13.8 Å². The lowest BCUT2D eigenvalue weighted by Gasteiger charge is -2.20. The molecule has 1 N–H and O–H groups in total. The number of nitrogens with zero attached hydrogens (tertiary/aromatic N) is 2. The molecule has 0 saturated carbocycles. The van der Waals surface area contributed by atoms with E-state index in [1.54, 1.807) is 0 Å². The number of hydrogen-bond acceptors (Lipinski definition) is 3. The predicted octanol–water partition coefficient (Wildman–Crippen LogP) is 2.99. The molecule has 3 nitrogen and oxygen atoms in total. The maximum atomic E-state index is 4.56. The van der Waals surface area contributed by atoms with E-state index in [1.807, 2.05) is 25.4 Å². The number of nitrogens with one attached hydrogen (secondary N) is 1. The van der Waals surface area contributed by atoms with Crippen LogP contribution in [0.5, 0.6) is 0 Å². The van der Waals surface area contributed by atoms with E-state index in [0.29, 0.717) is 6.04 Å². The van der Waals surface area contributed by atoms with Gasteiger partial charge in [-0.2, -0.15) is 0 Å². The maximum absolute atomic E-state index is 4.56. The quantitative estimate of drug-likeness (QED) is 0.892. The van der Waals surface area contributed by atoms with Crippen molar-refractivity contribution in [1.82, 2.24) is 15.3 Å². The van der Waals surface area contributed by atoms with Crippen LogP contribution in [0.1, 0.15) is 35.5 Å². The van der Waals surface area contributed by atoms with Crippen LogP contribution in [0.2, 0.25) is 0 Å². The molecule has 0 aliphatic heterocycles. The molecular weight excluding hydrogens is 234 g/mol. The van der Waals surface area contributed by atoms with Crippen molar-refractivity contribution >= 4 is 0 Å². The van der Waals surface area contributed by atoms with Crippen LogP contribution in [0.15, 0.2) is 36.7 Å². The lowest BCUT2D eigenvalue weighted by atomic mass is 9.98. The van der Waals surface area contributed by atoms with Gasteiger partial charge in [-0.3, -0.25) is 9.97 Å². The molecular formula is C16H21N3. The van der Waals surface area contributed by atoms with Gasteiger partial charge in [0.2, 0.25) is 0 Å². The van der Waals surface area contributed by atoms with Crippen molar-refractivity contribution in [2.75, 3.05) is 6.54 Å². The monoisotopic (exact) mass is 255 g/mol. The minimum Gasteiger partial charge on any atom is -0.310 e. The third kappa shape index (κ3) is 3.61. The first kappa shape index (κ1) is 13.7. The summed E-state index contributed by atoms with van der Waals surface area (Å²) >= 11 is 0. The van der Waals surface area contributed by atoms with Crippen molar-refractivity contribution in [3.05, 3.63) is 59.2 Å². The van der Waals surface area contributed by atoms with Crippen molar-refractivity contribution < 1.29 is 0 Å². The highest BCUT2D eigenvalue weighted by Gasteiger charge is 2.14. The van der Waals surface area contributed by atoms with Gasteiger partial charge in [-0.25, -0.2) is 0 Å². The zero-order chi connectivity index (χ0) is 13.7. The van der Waals surface area contributed by atoms with Crippen LogP contribution < -0.4 is 5.32 Å². The highest BCUT2D eigenvalue weighted by molar-refractivity contribution is 5.27. The van der Waals surface area contributed by atoms with Gasteiger partial charge in [-0.1, -0.05) is 19.1 Å². The summed E-state index contributed by atoms with van der Waals surface area (Å²) in [6, 6.07) is 8.66. The SMILES string of the molecule is CCNC(Cc1cccnc1)c1ccc(C)nc1C. The minimum atomic E-state index is 0.294. The third-order valence-corrected chi connectivity index (χ3v) is 3.25. The Bertz CT molecular complexity index is 523. The van der Waals surface area contributed by atoms with Crippen molar-refractivity contribution in [2.45, 2.75) is 33.2 Å². The Morgan fingerprint density at radius 3 is 2.68 bits per heavy atom. The van der Waals surface area contributed by atoms with Crippen LogP contribution in [0.3, 0.4) is 0 Å². The van der Waals surface area contributed by atoms with E-state index in [4.69, 9.17) is 0 Å². The van der Waals surface area contributed by atoms with E-state index in [9.17, 15) is 0 Å². The number of aromatic nitrogens is 2. The minimum absolute atomic E-state index is 0.294. The van der Waals surface area contributed by atoms with Crippen LogP contribution in [-0.4, -0.2) is 16.5 Å². The molecule has 0 fully saturated rings. The molecule has 0 radical (unpaired) electrons. The summed E-state index contributed by atoms with van der Waals surface area (Å²) in [5.41, 5.74) is 4.69. The van der Waals surface area contributed by atoms with Crippen LogP contribution >= 0.6 is 0 Å². The Hall–Kier alpha value is -1.74. The Balaban J connectivity index is 2.24. The molecule has 0 aliphatic carbocycles. The van der Waals surface area contributed by atoms with E-state index in [1.165, 1.54) is 11.1 Å². The molecule has 2 aromatic heterocycles. The number of likely N-dealkylation sites (N-methyl/N-ethyl adjacent to an activating group) is 1. The number of rotatable bonds is 5. The molecule has 2 heterocycles. The molecule has 0 spiro atoms. The first-order valence-electron chi connectivity index (χ1n) is 6.77. The summed E-state index contributed by atoms with van der Waals surface area (Å²) in [6.45, 7) is 7.18. The lowest BCUT2D eigenvalue weighted by molar-refractivity contribution is 0.544. The third-order valence-electron chi connectivity index (χ3n) is 3.25. The fourth-order valence-electron chi connectivity index (χ4n) is 2.36. The fraction of sp³-hybridized carbons (Fsp3) is 0.375. The molecule has 1 unspecified atom stereocenters. The molecule has 3 heteroatoms. The summed E-state index contributed by atoms with van der Waals surface area (Å²) in [4.78, 5) is 8.75. The summed E-state index contributed by atoms with van der Waals surface area (Å²) in [7, 11) is 0. The van der Waals surface area contributed by atoms with Gasteiger partial charge in [0.1, 0.15) is 0 Å². The van der Waals surface area contributed by atoms with E-state index < -0.39 is 0 Å². The molecule has 0 saturated heterocycles. The number of hydrogen-bond donors (Lipinski definition) is 1.